The van der Waals surface area contributed by atoms with Crippen molar-refractivity contribution in [2.24, 2.45) is 0 Å². The van der Waals surface area contributed by atoms with Gasteiger partial charge in [0.2, 0.25) is 0 Å². The lowest BCUT2D eigenvalue weighted by molar-refractivity contribution is 0.471. The Morgan fingerprint density at radius 2 is 1.84 bits per heavy atom. The second kappa shape index (κ2) is 5.64. The topological polar surface area (TPSA) is 40.7 Å². The molecule has 2 N–H and O–H groups in total. The van der Waals surface area contributed by atoms with Crippen molar-refractivity contribution < 1.29 is 0 Å². The Morgan fingerprint density at radius 3 is 2.63 bits per heavy atom. The molecule has 0 spiro atoms. The number of benzene rings is 1. The highest BCUT2D eigenvalue weighted by molar-refractivity contribution is 5.79. The van der Waals surface area contributed by atoms with Gasteiger partial charge in [-0.3, -0.25) is 0 Å². The van der Waals surface area contributed by atoms with Crippen LogP contribution in [0.2, 0.25) is 0 Å². The number of aromatic amines is 1. The third kappa shape index (κ3) is 3.09. The molecule has 0 atom stereocenters. The van der Waals surface area contributed by atoms with E-state index in [1.807, 2.05) is 6.92 Å². The van der Waals surface area contributed by atoms with E-state index >= 15 is 0 Å². The van der Waals surface area contributed by atoms with E-state index in [0.29, 0.717) is 6.04 Å². The summed E-state index contributed by atoms with van der Waals surface area (Å²) in [6.45, 7) is 2.00. The standard InChI is InChI=1S/C16H23N3/c1-12-17-15-10-9-14(11-16(15)18-12)19-13-7-5-3-2-4-6-8-13/h9-11,13,19H,2-8H2,1H3,(H,17,18). The first kappa shape index (κ1) is 12.5. The fourth-order valence-corrected chi connectivity index (χ4v) is 3.06. The fourth-order valence-electron chi connectivity index (χ4n) is 3.06. The van der Waals surface area contributed by atoms with Crippen molar-refractivity contribution in [3.8, 4) is 0 Å². The van der Waals surface area contributed by atoms with E-state index < -0.39 is 0 Å². The van der Waals surface area contributed by atoms with E-state index in [4.69, 9.17) is 0 Å². The SMILES string of the molecule is Cc1nc2ccc(NC3CCCCCCC3)cc2[nH]1. The maximum absolute atomic E-state index is 4.45. The fraction of sp³-hybridized carbons (Fsp3) is 0.562. The van der Waals surface area contributed by atoms with Crippen molar-refractivity contribution in [2.75, 3.05) is 5.32 Å². The summed E-state index contributed by atoms with van der Waals surface area (Å²) in [4.78, 5) is 7.75. The van der Waals surface area contributed by atoms with Crippen molar-refractivity contribution >= 4 is 16.7 Å². The van der Waals surface area contributed by atoms with Gasteiger partial charge in [0, 0.05) is 11.7 Å². The molecule has 0 saturated heterocycles. The number of rotatable bonds is 2. The Hall–Kier alpha value is -1.51. The molecule has 1 aliphatic rings. The lowest BCUT2D eigenvalue weighted by Gasteiger charge is -2.22. The second-order valence-corrected chi connectivity index (χ2v) is 5.74. The Balaban J connectivity index is 1.72. The quantitative estimate of drug-likeness (QED) is 0.837. The van der Waals surface area contributed by atoms with Crippen LogP contribution in [0.4, 0.5) is 5.69 Å². The monoisotopic (exact) mass is 257 g/mol. The van der Waals surface area contributed by atoms with Gasteiger partial charge in [-0.1, -0.05) is 32.1 Å². The highest BCUT2D eigenvalue weighted by atomic mass is 14.9. The van der Waals surface area contributed by atoms with Gasteiger partial charge in [0.1, 0.15) is 5.82 Å². The van der Waals surface area contributed by atoms with Crippen LogP contribution in [0.5, 0.6) is 0 Å². The number of imidazole rings is 1. The van der Waals surface area contributed by atoms with Gasteiger partial charge in [-0.05, 0) is 38.0 Å². The van der Waals surface area contributed by atoms with Gasteiger partial charge in [-0.15, -0.1) is 0 Å². The molecular formula is C16H23N3. The minimum Gasteiger partial charge on any atom is -0.382 e. The van der Waals surface area contributed by atoms with Crippen molar-refractivity contribution in [1.29, 1.82) is 0 Å². The molecule has 0 amide bonds. The smallest absolute Gasteiger partial charge is 0.104 e. The predicted octanol–water partition coefficient (Wildman–Crippen LogP) is 4.40. The number of anilines is 1. The molecule has 3 heteroatoms. The molecule has 1 aliphatic carbocycles. The van der Waals surface area contributed by atoms with Crippen molar-refractivity contribution in [1.82, 2.24) is 9.97 Å². The summed E-state index contributed by atoms with van der Waals surface area (Å²) in [7, 11) is 0. The summed E-state index contributed by atoms with van der Waals surface area (Å²) in [5.74, 6) is 0.984. The molecular weight excluding hydrogens is 234 g/mol. The van der Waals surface area contributed by atoms with E-state index in [-0.39, 0.29) is 0 Å². The Bertz CT molecular complexity index is 536. The van der Waals surface area contributed by atoms with Crippen LogP contribution in [0.25, 0.3) is 11.0 Å². The zero-order valence-corrected chi connectivity index (χ0v) is 11.7. The number of nitrogens with zero attached hydrogens (tertiary/aromatic N) is 1. The number of hydrogen-bond donors (Lipinski definition) is 2. The molecule has 1 fully saturated rings. The van der Waals surface area contributed by atoms with Gasteiger partial charge < -0.3 is 10.3 Å². The first-order chi connectivity index (χ1) is 9.31. The third-order valence-corrected chi connectivity index (χ3v) is 4.08. The van der Waals surface area contributed by atoms with E-state index in [1.54, 1.807) is 0 Å². The molecule has 2 aromatic rings. The van der Waals surface area contributed by atoms with Gasteiger partial charge >= 0.3 is 0 Å². The Labute approximate surface area is 114 Å². The van der Waals surface area contributed by atoms with Crippen LogP contribution in [-0.4, -0.2) is 16.0 Å². The molecule has 0 bridgehead atoms. The summed E-state index contributed by atoms with van der Waals surface area (Å²) in [6.07, 6.45) is 9.56. The first-order valence-electron chi connectivity index (χ1n) is 7.54. The largest absolute Gasteiger partial charge is 0.382 e. The highest BCUT2D eigenvalue weighted by Gasteiger charge is 2.11. The van der Waals surface area contributed by atoms with Crippen LogP contribution < -0.4 is 5.32 Å². The summed E-state index contributed by atoms with van der Waals surface area (Å²) in [5, 5.41) is 3.70. The molecule has 1 aromatic heterocycles. The zero-order valence-electron chi connectivity index (χ0n) is 11.7. The zero-order chi connectivity index (χ0) is 13.1. The lowest BCUT2D eigenvalue weighted by atomic mass is 9.96. The summed E-state index contributed by atoms with van der Waals surface area (Å²) in [5.41, 5.74) is 3.41. The van der Waals surface area contributed by atoms with Crippen LogP contribution in [0.15, 0.2) is 18.2 Å². The van der Waals surface area contributed by atoms with E-state index in [1.165, 1.54) is 50.6 Å². The Kier molecular flexibility index (Phi) is 3.72. The number of fused-ring (bicyclic) bond motifs is 1. The van der Waals surface area contributed by atoms with Crippen molar-refractivity contribution in [3.63, 3.8) is 0 Å². The van der Waals surface area contributed by atoms with Crippen LogP contribution >= 0.6 is 0 Å². The maximum atomic E-state index is 4.45. The van der Waals surface area contributed by atoms with E-state index in [9.17, 15) is 0 Å². The molecule has 102 valence electrons. The van der Waals surface area contributed by atoms with E-state index in [2.05, 4.69) is 33.5 Å². The van der Waals surface area contributed by atoms with Crippen LogP contribution in [0.3, 0.4) is 0 Å². The molecule has 1 heterocycles. The van der Waals surface area contributed by atoms with Crippen molar-refractivity contribution in [2.45, 2.75) is 57.9 Å². The van der Waals surface area contributed by atoms with Gasteiger partial charge in [-0.2, -0.15) is 0 Å². The lowest BCUT2D eigenvalue weighted by Crippen LogP contribution is -2.20. The van der Waals surface area contributed by atoms with Crippen LogP contribution in [0.1, 0.15) is 50.8 Å². The van der Waals surface area contributed by atoms with Crippen LogP contribution in [-0.2, 0) is 0 Å². The molecule has 0 aliphatic heterocycles. The van der Waals surface area contributed by atoms with Gasteiger partial charge in [-0.25, -0.2) is 4.98 Å². The molecule has 3 nitrogen and oxygen atoms in total. The predicted molar refractivity (Wildman–Crippen MR) is 80.6 cm³/mol. The number of aryl methyl sites for hydroxylation is 1. The van der Waals surface area contributed by atoms with Gasteiger partial charge in [0.05, 0.1) is 11.0 Å². The number of H-pyrrole nitrogens is 1. The number of nitrogens with one attached hydrogen (secondary N) is 2. The highest BCUT2D eigenvalue weighted by Crippen LogP contribution is 2.23. The molecule has 1 aromatic carbocycles. The Morgan fingerprint density at radius 1 is 1.11 bits per heavy atom. The minimum absolute atomic E-state index is 0.641. The van der Waals surface area contributed by atoms with Gasteiger partial charge in [0.25, 0.3) is 0 Å². The third-order valence-electron chi connectivity index (χ3n) is 4.08. The number of hydrogen-bond acceptors (Lipinski definition) is 2. The van der Waals surface area contributed by atoms with E-state index in [0.717, 1.165) is 16.9 Å². The normalized spacial score (nSPS) is 18.2. The summed E-state index contributed by atoms with van der Waals surface area (Å²) in [6, 6.07) is 7.08. The number of aromatic nitrogens is 2. The summed E-state index contributed by atoms with van der Waals surface area (Å²) >= 11 is 0. The maximum Gasteiger partial charge on any atom is 0.104 e. The molecule has 0 radical (unpaired) electrons. The molecule has 19 heavy (non-hydrogen) atoms. The first-order valence-corrected chi connectivity index (χ1v) is 7.54. The minimum atomic E-state index is 0.641. The molecule has 1 saturated carbocycles. The van der Waals surface area contributed by atoms with Crippen LogP contribution in [0, 0.1) is 6.92 Å². The molecule has 0 unspecified atom stereocenters. The second-order valence-electron chi connectivity index (χ2n) is 5.74. The average Bonchev–Trinajstić information content (AvgIpc) is 2.72. The van der Waals surface area contributed by atoms with Gasteiger partial charge in [0.15, 0.2) is 0 Å². The molecule has 3 rings (SSSR count). The average molecular weight is 257 g/mol. The van der Waals surface area contributed by atoms with Crippen molar-refractivity contribution in [3.05, 3.63) is 24.0 Å². The summed E-state index contributed by atoms with van der Waals surface area (Å²) < 4.78 is 0.